The number of aryl methyl sites for hydroxylation is 1. The summed E-state index contributed by atoms with van der Waals surface area (Å²) in [5, 5.41) is 6.44. The van der Waals surface area contributed by atoms with Crippen LogP contribution in [0, 0.1) is 6.92 Å². The minimum absolute atomic E-state index is 0.297. The third-order valence-corrected chi connectivity index (χ3v) is 4.46. The van der Waals surface area contributed by atoms with Crippen LogP contribution in [0.2, 0.25) is 0 Å². The first-order valence-corrected chi connectivity index (χ1v) is 9.58. The highest BCUT2D eigenvalue weighted by Gasteiger charge is 2.09. The van der Waals surface area contributed by atoms with Crippen LogP contribution in [-0.2, 0) is 17.8 Å². The number of benzene rings is 1. The molecule has 0 aliphatic rings. The van der Waals surface area contributed by atoms with Gasteiger partial charge in [-0.05, 0) is 38.5 Å². The number of rotatable bonds is 7. The Bertz CT molecular complexity index is 740. The minimum Gasteiger partial charge on any atom is -0.462 e. The number of aliphatic imine (C=N–C) groups is 1. The van der Waals surface area contributed by atoms with E-state index in [0.29, 0.717) is 25.3 Å². The van der Waals surface area contributed by atoms with Crippen LogP contribution in [-0.4, -0.2) is 42.0 Å². The van der Waals surface area contributed by atoms with E-state index < -0.39 is 0 Å². The Morgan fingerprint density at radius 1 is 1.31 bits per heavy atom. The van der Waals surface area contributed by atoms with E-state index in [-0.39, 0.29) is 5.97 Å². The van der Waals surface area contributed by atoms with Gasteiger partial charge in [0.2, 0.25) is 0 Å². The summed E-state index contributed by atoms with van der Waals surface area (Å²) in [4.78, 5) is 23.0. The topological polar surface area (TPSA) is 66.8 Å². The second-order valence-electron chi connectivity index (χ2n) is 5.80. The van der Waals surface area contributed by atoms with Crippen molar-refractivity contribution in [1.29, 1.82) is 0 Å². The molecular weight excluding hydrogens is 348 g/mol. The summed E-state index contributed by atoms with van der Waals surface area (Å²) in [5.41, 5.74) is 2.63. The van der Waals surface area contributed by atoms with Gasteiger partial charge in [-0.2, -0.15) is 0 Å². The van der Waals surface area contributed by atoms with Crippen molar-refractivity contribution in [2.45, 2.75) is 33.9 Å². The molecule has 0 aliphatic heterocycles. The molecule has 1 aromatic heterocycles. The van der Waals surface area contributed by atoms with E-state index in [9.17, 15) is 4.79 Å². The fourth-order valence-corrected chi connectivity index (χ4v) is 3.00. The van der Waals surface area contributed by atoms with Crippen molar-refractivity contribution in [1.82, 2.24) is 15.2 Å². The highest BCUT2D eigenvalue weighted by Crippen LogP contribution is 2.11. The molecule has 1 aromatic carbocycles. The number of carbonyl (C=O) groups excluding carboxylic acids is 1. The summed E-state index contributed by atoms with van der Waals surface area (Å²) in [6.07, 6.45) is 0. The summed E-state index contributed by atoms with van der Waals surface area (Å²) >= 11 is 1.65. The normalized spacial score (nSPS) is 11.3. The van der Waals surface area contributed by atoms with E-state index in [1.54, 1.807) is 30.4 Å². The molecule has 7 heteroatoms. The first kappa shape index (κ1) is 19.9. The molecule has 0 spiro atoms. The molecular formula is C19H26N4O2S. The molecule has 26 heavy (non-hydrogen) atoms. The molecule has 0 aliphatic carbocycles. The maximum atomic E-state index is 11.7. The number of carbonyl (C=O) groups is 1. The van der Waals surface area contributed by atoms with E-state index in [1.807, 2.05) is 33.0 Å². The molecule has 6 nitrogen and oxygen atoms in total. The molecule has 2 rings (SSSR count). The van der Waals surface area contributed by atoms with Crippen molar-refractivity contribution in [3.05, 3.63) is 51.5 Å². The van der Waals surface area contributed by atoms with E-state index in [1.165, 1.54) is 0 Å². The van der Waals surface area contributed by atoms with E-state index in [0.717, 1.165) is 28.8 Å². The fraction of sp³-hybridized carbons (Fsp3) is 0.421. The zero-order chi connectivity index (χ0) is 18.9. The van der Waals surface area contributed by atoms with Gasteiger partial charge in [0.1, 0.15) is 0 Å². The molecule has 2 aromatic rings. The summed E-state index contributed by atoms with van der Waals surface area (Å²) in [5.74, 6) is 0.529. The number of esters is 1. The smallest absolute Gasteiger partial charge is 0.338 e. The molecule has 0 saturated heterocycles. The predicted molar refractivity (Wildman–Crippen MR) is 106 cm³/mol. The van der Waals surface area contributed by atoms with Crippen molar-refractivity contribution in [2.24, 2.45) is 4.99 Å². The second kappa shape index (κ2) is 9.91. The van der Waals surface area contributed by atoms with Crippen molar-refractivity contribution >= 4 is 23.3 Å². The molecule has 0 radical (unpaired) electrons. The Labute approximate surface area is 158 Å². The minimum atomic E-state index is -0.297. The average Bonchev–Trinajstić information content (AvgIpc) is 3.04. The molecule has 0 amide bonds. The van der Waals surface area contributed by atoms with Gasteiger partial charge in [-0.15, -0.1) is 11.3 Å². The van der Waals surface area contributed by atoms with Gasteiger partial charge >= 0.3 is 5.97 Å². The zero-order valence-electron chi connectivity index (χ0n) is 15.8. The van der Waals surface area contributed by atoms with E-state index >= 15 is 0 Å². The third-order valence-electron chi connectivity index (χ3n) is 3.64. The molecule has 1 heterocycles. The molecule has 0 saturated carbocycles. The number of hydrogen-bond donors (Lipinski definition) is 1. The van der Waals surface area contributed by atoms with Gasteiger partial charge < -0.3 is 15.0 Å². The number of guanidine groups is 1. The predicted octanol–water partition coefficient (Wildman–Crippen LogP) is 3.23. The Hall–Kier alpha value is -2.41. The Kier molecular flexibility index (Phi) is 7.59. The maximum absolute atomic E-state index is 11.7. The van der Waals surface area contributed by atoms with Crippen LogP contribution < -0.4 is 5.32 Å². The number of hydrogen-bond acceptors (Lipinski definition) is 5. The largest absolute Gasteiger partial charge is 0.462 e. The highest BCUT2D eigenvalue weighted by molar-refractivity contribution is 7.09. The lowest BCUT2D eigenvalue weighted by atomic mass is 10.1. The van der Waals surface area contributed by atoms with Crippen LogP contribution in [0.3, 0.4) is 0 Å². The lowest BCUT2D eigenvalue weighted by molar-refractivity contribution is 0.0526. The van der Waals surface area contributed by atoms with Gasteiger partial charge in [0, 0.05) is 19.0 Å². The van der Waals surface area contributed by atoms with Crippen molar-refractivity contribution < 1.29 is 9.53 Å². The molecule has 0 bridgehead atoms. The standard InChI is InChI=1S/C19H26N4O2S/c1-5-20-19(23(4)12-17-13-26-14(3)22-17)21-11-15-7-9-16(10-8-15)18(24)25-6-2/h7-10,13H,5-6,11-12H2,1-4H3,(H,20,21). The molecule has 0 unspecified atom stereocenters. The Balaban J connectivity index is 2.02. The summed E-state index contributed by atoms with van der Waals surface area (Å²) < 4.78 is 5.00. The Morgan fingerprint density at radius 2 is 2.04 bits per heavy atom. The van der Waals surface area contributed by atoms with Crippen LogP contribution in [0.4, 0.5) is 0 Å². The number of ether oxygens (including phenoxy) is 1. The molecule has 1 N–H and O–H groups in total. The lowest BCUT2D eigenvalue weighted by Gasteiger charge is -2.21. The number of nitrogens with one attached hydrogen (secondary N) is 1. The van der Waals surface area contributed by atoms with Gasteiger partial charge in [0.25, 0.3) is 0 Å². The number of aromatic nitrogens is 1. The summed E-state index contributed by atoms with van der Waals surface area (Å²) in [7, 11) is 2.00. The number of nitrogens with zero attached hydrogens (tertiary/aromatic N) is 3. The number of thiazole rings is 1. The molecule has 140 valence electrons. The average molecular weight is 375 g/mol. The fourth-order valence-electron chi connectivity index (χ4n) is 2.40. The monoisotopic (exact) mass is 374 g/mol. The summed E-state index contributed by atoms with van der Waals surface area (Å²) in [6.45, 7) is 8.26. The summed E-state index contributed by atoms with van der Waals surface area (Å²) in [6, 6.07) is 7.36. The van der Waals surface area contributed by atoms with Gasteiger partial charge in [-0.25, -0.2) is 14.8 Å². The van der Waals surface area contributed by atoms with Crippen LogP contribution in [0.15, 0.2) is 34.6 Å². The quantitative estimate of drug-likeness (QED) is 0.458. The van der Waals surface area contributed by atoms with Gasteiger partial charge in [-0.3, -0.25) is 0 Å². The maximum Gasteiger partial charge on any atom is 0.338 e. The van der Waals surface area contributed by atoms with Crippen molar-refractivity contribution in [3.8, 4) is 0 Å². The van der Waals surface area contributed by atoms with Crippen molar-refractivity contribution in [3.63, 3.8) is 0 Å². The van der Waals surface area contributed by atoms with Gasteiger partial charge in [0.05, 0.1) is 36.0 Å². The Morgan fingerprint density at radius 3 is 2.62 bits per heavy atom. The first-order valence-electron chi connectivity index (χ1n) is 8.70. The van der Waals surface area contributed by atoms with Crippen LogP contribution in [0.1, 0.15) is 40.5 Å². The highest BCUT2D eigenvalue weighted by atomic mass is 32.1. The third kappa shape index (κ3) is 5.84. The van der Waals surface area contributed by atoms with Gasteiger partial charge in [0.15, 0.2) is 5.96 Å². The lowest BCUT2D eigenvalue weighted by Crippen LogP contribution is -2.38. The van der Waals surface area contributed by atoms with E-state index in [4.69, 9.17) is 4.74 Å². The SMILES string of the molecule is CCNC(=NCc1ccc(C(=O)OCC)cc1)N(C)Cc1csc(C)n1. The zero-order valence-corrected chi connectivity index (χ0v) is 16.6. The molecule has 0 fully saturated rings. The van der Waals surface area contributed by atoms with Gasteiger partial charge in [-0.1, -0.05) is 12.1 Å². The van der Waals surface area contributed by atoms with Crippen LogP contribution >= 0.6 is 11.3 Å². The molecule has 0 atom stereocenters. The first-order chi connectivity index (χ1) is 12.5. The van der Waals surface area contributed by atoms with Crippen LogP contribution in [0.5, 0.6) is 0 Å². The van der Waals surface area contributed by atoms with Crippen molar-refractivity contribution in [2.75, 3.05) is 20.2 Å². The van der Waals surface area contributed by atoms with E-state index in [2.05, 4.69) is 25.6 Å². The van der Waals surface area contributed by atoms with Crippen LogP contribution in [0.25, 0.3) is 0 Å². The second-order valence-corrected chi connectivity index (χ2v) is 6.86.